The van der Waals surface area contributed by atoms with Gasteiger partial charge in [0.25, 0.3) is 0 Å². The normalized spacial score (nSPS) is 11.0. The zero-order chi connectivity index (χ0) is 10.3. The average molecular weight is 280 g/mol. The molecular formula is C10H6BrN3S. The van der Waals surface area contributed by atoms with Gasteiger partial charge in [-0.05, 0) is 27.4 Å². The molecule has 74 valence electrons. The molecule has 0 spiro atoms. The predicted octanol–water partition coefficient (Wildman–Crippen LogP) is 3.22. The van der Waals surface area contributed by atoms with Crippen LogP contribution in [-0.2, 0) is 0 Å². The summed E-state index contributed by atoms with van der Waals surface area (Å²) >= 11 is 5.12. The summed E-state index contributed by atoms with van der Waals surface area (Å²) in [7, 11) is 0. The van der Waals surface area contributed by atoms with E-state index in [1.807, 2.05) is 22.0 Å². The highest BCUT2D eigenvalue weighted by atomic mass is 79.9. The number of halogens is 1. The first-order valence-electron chi connectivity index (χ1n) is 4.38. The van der Waals surface area contributed by atoms with E-state index in [-0.39, 0.29) is 0 Å². The second-order valence-electron chi connectivity index (χ2n) is 3.04. The van der Waals surface area contributed by atoms with E-state index in [1.165, 1.54) is 0 Å². The van der Waals surface area contributed by atoms with Gasteiger partial charge in [0.2, 0.25) is 0 Å². The number of nitrogens with zero attached hydrogens (tertiary/aromatic N) is 3. The molecule has 3 heterocycles. The second kappa shape index (κ2) is 3.43. The molecule has 0 aromatic carbocycles. The van der Waals surface area contributed by atoms with Gasteiger partial charge in [0.15, 0.2) is 5.82 Å². The Bertz CT molecular complexity index is 600. The molecule has 3 nitrogen and oxygen atoms in total. The van der Waals surface area contributed by atoms with E-state index in [4.69, 9.17) is 0 Å². The van der Waals surface area contributed by atoms with Crippen LogP contribution in [0.5, 0.6) is 0 Å². The van der Waals surface area contributed by atoms with Gasteiger partial charge < -0.3 is 0 Å². The molecule has 0 radical (unpaired) electrons. The molecule has 0 aliphatic carbocycles. The van der Waals surface area contributed by atoms with Gasteiger partial charge in [-0.1, -0.05) is 6.07 Å². The highest BCUT2D eigenvalue weighted by Crippen LogP contribution is 2.28. The van der Waals surface area contributed by atoms with Gasteiger partial charge in [-0.15, -0.1) is 11.3 Å². The lowest BCUT2D eigenvalue weighted by molar-refractivity contribution is 1.13. The fraction of sp³-hybridized carbons (Fsp3) is 0. The zero-order valence-corrected chi connectivity index (χ0v) is 9.99. The van der Waals surface area contributed by atoms with Gasteiger partial charge >= 0.3 is 0 Å². The maximum Gasteiger partial charge on any atom is 0.156 e. The Morgan fingerprint density at radius 2 is 2.33 bits per heavy atom. The molecule has 3 rings (SSSR count). The van der Waals surface area contributed by atoms with Gasteiger partial charge in [0.1, 0.15) is 4.60 Å². The van der Waals surface area contributed by atoms with E-state index in [9.17, 15) is 0 Å². The van der Waals surface area contributed by atoms with Crippen molar-refractivity contribution in [3.63, 3.8) is 0 Å². The summed E-state index contributed by atoms with van der Waals surface area (Å²) < 4.78 is 2.86. The van der Waals surface area contributed by atoms with Crippen molar-refractivity contribution < 1.29 is 0 Å². The van der Waals surface area contributed by atoms with E-state index >= 15 is 0 Å². The third kappa shape index (κ3) is 1.39. The number of hydrogen-bond acceptors (Lipinski definition) is 3. The number of imidazole rings is 1. The van der Waals surface area contributed by atoms with Crippen molar-refractivity contribution in [2.24, 2.45) is 0 Å². The van der Waals surface area contributed by atoms with Crippen molar-refractivity contribution in [2.45, 2.75) is 0 Å². The molecule has 0 saturated heterocycles. The molecule has 5 heteroatoms. The second-order valence-corrected chi connectivity index (χ2v) is 4.73. The van der Waals surface area contributed by atoms with Crippen LogP contribution in [0.4, 0.5) is 0 Å². The van der Waals surface area contributed by atoms with Crippen LogP contribution in [0, 0.1) is 0 Å². The Hall–Kier alpha value is -1.20. The van der Waals surface area contributed by atoms with Gasteiger partial charge in [0, 0.05) is 12.4 Å². The van der Waals surface area contributed by atoms with Crippen molar-refractivity contribution in [1.29, 1.82) is 0 Å². The molecule has 0 unspecified atom stereocenters. The van der Waals surface area contributed by atoms with Crippen molar-refractivity contribution in [3.8, 4) is 10.7 Å². The molecule has 0 fully saturated rings. The van der Waals surface area contributed by atoms with Crippen LogP contribution in [-0.4, -0.2) is 14.4 Å². The molecule has 0 atom stereocenters. The van der Waals surface area contributed by atoms with Crippen LogP contribution < -0.4 is 0 Å². The first kappa shape index (κ1) is 9.06. The summed E-state index contributed by atoms with van der Waals surface area (Å²) in [5.74, 6) is 0.953. The largest absolute Gasteiger partial charge is 0.295 e. The molecule has 0 N–H and O–H groups in total. The van der Waals surface area contributed by atoms with E-state index in [0.717, 1.165) is 20.8 Å². The molecular weight excluding hydrogens is 274 g/mol. The molecule has 0 aliphatic heterocycles. The summed E-state index contributed by atoms with van der Waals surface area (Å²) in [4.78, 5) is 9.72. The van der Waals surface area contributed by atoms with E-state index in [1.54, 1.807) is 23.7 Å². The Kier molecular flexibility index (Phi) is 2.07. The standard InChI is InChI=1S/C10H6BrN3S/c11-9-7-6-12-3-4-14(7)10(13-9)8-2-1-5-15-8/h1-6H. The number of fused-ring (bicyclic) bond motifs is 1. The molecule has 3 aromatic rings. The smallest absolute Gasteiger partial charge is 0.156 e. The van der Waals surface area contributed by atoms with Crippen LogP contribution in [0.2, 0.25) is 0 Å². The monoisotopic (exact) mass is 279 g/mol. The molecule has 0 amide bonds. The number of thiophene rings is 1. The Morgan fingerprint density at radius 3 is 3.13 bits per heavy atom. The van der Waals surface area contributed by atoms with Crippen molar-refractivity contribution in [3.05, 3.63) is 40.7 Å². The van der Waals surface area contributed by atoms with E-state index < -0.39 is 0 Å². The first-order valence-corrected chi connectivity index (χ1v) is 6.05. The fourth-order valence-corrected chi connectivity index (χ4v) is 2.65. The minimum atomic E-state index is 0.832. The highest BCUT2D eigenvalue weighted by molar-refractivity contribution is 9.10. The molecule has 0 saturated carbocycles. The van der Waals surface area contributed by atoms with Crippen LogP contribution >= 0.6 is 27.3 Å². The zero-order valence-electron chi connectivity index (χ0n) is 7.59. The summed E-state index contributed by atoms with van der Waals surface area (Å²) in [6.07, 6.45) is 5.48. The summed E-state index contributed by atoms with van der Waals surface area (Å²) in [5.41, 5.74) is 0.987. The Balaban J connectivity index is 2.37. The topological polar surface area (TPSA) is 30.2 Å². The highest BCUT2D eigenvalue weighted by Gasteiger charge is 2.10. The average Bonchev–Trinajstić information content (AvgIpc) is 2.87. The number of rotatable bonds is 1. The van der Waals surface area contributed by atoms with Gasteiger partial charge in [-0.3, -0.25) is 9.38 Å². The molecule has 15 heavy (non-hydrogen) atoms. The number of hydrogen-bond donors (Lipinski definition) is 0. The Labute approximate surface area is 98.6 Å². The summed E-state index contributed by atoms with van der Waals surface area (Å²) in [6.45, 7) is 0. The lowest BCUT2D eigenvalue weighted by Crippen LogP contribution is -1.86. The lowest BCUT2D eigenvalue weighted by Gasteiger charge is -1.96. The minimum Gasteiger partial charge on any atom is -0.295 e. The quantitative estimate of drug-likeness (QED) is 0.685. The van der Waals surface area contributed by atoms with Gasteiger partial charge in [0.05, 0.1) is 16.6 Å². The van der Waals surface area contributed by atoms with E-state index in [0.29, 0.717) is 0 Å². The Morgan fingerprint density at radius 1 is 1.40 bits per heavy atom. The summed E-state index contributed by atoms with van der Waals surface area (Å²) in [6, 6.07) is 4.09. The lowest BCUT2D eigenvalue weighted by atomic mass is 10.4. The molecule has 0 aliphatic rings. The minimum absolute atomic E-state index is 0.832. The van der Waals surface area contributed by atoms with Crippen LogP contribution in [0.1, 0.15) is 0 Å². The van der Waals surface area contributed by atoms with Crippen LogP contribution in [0.15, 0.2) is 40.7 Å². The van der Waals surface area contributed by atoms with Gasteiger partial charge in [-0.25, -0.2) is 4.98 Å². The number of aromatic nitrogens is 3. The third-order valence-corrected chi connectivity index (χ3v) is 3.59. The van der Waals surface area contributed by atoms with E-state index in [2.05, 4.69) is 32.0 Å². The fourth-order valence-electron chi connectivity index (χ4n) is 1.48. The predicted molar refractivity (Wildman–Crippen MR) is 64.0 cm³/mol. The van der Waals surface area contributed by atoms with Crippen LogP contribution in [0.25, 0.3) is 16.2 Å². The van der Waals surface area contributed by atoms with Crippen LogP contribution in [0.3, 0.4) is 0 Å². The SMILES string of the molecule is Brc1nc(-c2cccs2)n2ccncc12. The molecule has 3 aromatic heterocycles. The molecule has 0 bridgehead atoms. The third-order valence-electron chi connectivity index (χ3n) is 2.14. The maximum atomic E-state index is 4.48. The van der Waals surface area contributed by atoms with Crippen molar-refractivity contribution >= 4 is 32.8 Å². The maximum absolute atomic E-state index is 4.48. The van der Waals surface area contributed by atoms with Crippen molar-refractivity contribution in [2.75, 3.05) is 0 Å². The summed E-state index contributed by atoms with van der Waals surface area (Å²) in [5, 5.41) is 2.05. The first-order chi connectivity index (χ1) is 7.36. The van der Waals surface area contributed by atoms with Gasteiger partial charge in [-0.2, -0.15) is 0 Å². The van der Waals surface area contributed by atoms with Crippen molar-refractivity contribution in [1.82, 2.24) is 14.4 Å².